The molecular weight excluding hydrogens is 402 g/mol. The molecule has 0 saturated heterocycles. The standard InChI is InChI=1S/C21H15F4N3O2/c1-12-5-6-16(9-18(12)20(30)28-17-8-15(22)10-26-11-17)27-19(29)13-3-2-4-14(7-13)21(23,24)25/h2-11H,1H3,(H,27,29)(H,28,30). The van der Waals surface area contributed by atoms with Crippen molar-refractivity contribution >= 4 is 23.2 Å². The molecule has 0 atom stereocenters. The van der Waals surface area contributed by atoms with Crippen LogP contribution in [-0.2, 0) is 6.18 Å². The SMILES string of the molecule is Cc1ccc(NC(=O)c2cccc(C(F)(F)F)c2)cc1C(=O)Nc1cncc(F)c1. The normalized spacial score (nSPS) is 11.1. The van der Waals surface area contributed by atoms with Gasteiger partial charge in [-0.1, -0.05) is 12.1 Å². The third-order valence-electron chi connectivity index (χ3n) is 4.15. The molecule has 5 nitrogen and oxygen atoms in total. The van der Waals surface area contributed by atoms with Crippen LogP contribution in [0.3, 0.4) is 0 Å². The average Bonchev–Trinajstić information content (AvgIpc) is 2.69. The number of carbonyl (C=O) groups is 2. The number of alkyl halides is 3. The molecule has 0 spiro atoms. The van der Waals surface area contributed by atoms with E-state index in [4.69, 9.17) is 0 Å². The Morgan fingerprint density at radius 1 is 0.900 bits per heavy atom. The van der Waals surface area contributed by atoms with Crippen LogP contribution < -0.4 is 10.6 Å². The number of pyridine rings is 1. The smallest absolute Gasteiger partial charge is 0.322 e. The van der Waals surface area contributed by atoms with Crippen LogP contribution in [-0.4, -0.2) is 16.8 Å². The van der Waals surface area contributed by atoms with E-state index in [1.165, 1.54) is 24.4 Å². The molecule has 0 aliphatic rings. The van der Waals surface area contributed by atoms with Crippen LogP contribution in [0.5, 0.6) is 0 Å². The number of nitrogens with one attached hydrogen (secondary N) is 2. The molecule has 0 bridgehead atoms. The second-order valence-corrected chi connectivity index (χ2v) is 6.41. The lowest BCUT2D eigenvalue weighted by atomic mass is 10.1. The number of carbonyl (C=O) groups excluding carboxylic acids is 2. The molecule has 0 aliphatic heterocycles. The Morgan fingerprint density at radius 3 is 2.33 bits per heavy atom. The highest BCUT2D eigenvalue weighted by Crippen LogP contribution is 2.29. The van der Waals surface area contributed by atoms with Gasteiger partial charge in [0.25, 0.3) is 11.8 Å². The minimum atomic E-state index is -4.57. The van der Waals surface area contributed by atoms with Crippen molar-refractivity contribution in [3.05, 3.63) is 89.0 Å². The monoisotopic (exact) mass is 417 g/mol. The third kappa shape index (κ3) is 4.99. The van der Waals surface area contributed by atoms with Crippen molar-refractivity contribution < 1.29 is 27.2 Å². The molecule has 154 valence electrons. The molecule has 30 heavy (non-hydrogen) atoms. The van der Waals surface area contributed by atoms with Gasteiger partial charge in [-0.2, -0.15) is 13.2 Å². The molecule has 0 radical (unpaired) electrons. The summed E-state index contributed by atoms with van der Waals surface area (Å²) < 4.78 is 51.8. The zero-order chi connectivity index (χ0) is 21.9. The van der Waals surface area contributed by atoms with Crippen molar-refractivity contribution in [1.82, 2.24) is 4.98 Å². The van der Waals surface area contributed by atoms with E-state index in [1.807, 2.05) is 0 Å². The summed E-state index contributed by atoms with van der Waals surface area (Å²) in [5.41, 5.74) is 0.0171. The van der Waals surface area contributed by atoms with Crippen LogP contribution in [0.15, 0.2) is 60.9 Å². The van der Waals surface area contributed by atoms with E-state index < -0.39 is 29.4 Å². The Kier molecular flexibility index (Phi) is 5.81. The Balaban J connectivity index is 1.80. The highest BCUT2D eigenvalue weighted by Gasteiger charge is 2.30. The van der Waals surface area contributed by atoms with Crippen molar-refractivity contribution in [1.29, 1.82) is 0 Å². The predicted molar refractivity (Wildman–Crippen MR) is 103 cm³/mol. The first-order valence-electron chi connectivity index (χ1n) is 8.64. The molecule has 0 fully saturated rings. The Morgan fingerprint density at radius 2 is 1.63 bits per heavy atom. The van der Waals surface area contributed by atoms with Gasteiger partial charge in [-0.15, -0.1) is 0 Å². The van der Waals surface area contributed by atoms with E-state index in [1.54, 1.807) is 13.0 Å². The van der Waals surface area contributed by atoms with Gasteiger partial charge in [0.2, 0.25) is 0 Å². The van der Waals surface area contributed by atoms with E-state index in [2.05, 4.69) is 15.6 Å². The number of halogens is 4. The number of nitrogens with zero attached hydrogens (tertiary/aromatic N) is 1. The van der Waals surface area contributed by atoms with Crippen LogP contribution in [0.2, 0.25) is 0 Å². The zero-order valence-electron chi connectivity index (χ0n) is 15.5. The number of rotatable bonds is 4. The van der Waals surface area contributed by atoms with Crippen LogP contribution in [0, 0.1) is 12.7 Å². The molecule has 1 heterocycles. The van der Waals surface area contributed by atoms with Crippen LogP contribution in [0.25, 0.3) is 0 Å². The number of benzene rings is 2. The minimum Gasteiger partial charge on any atom is -0.322 e. The first-order valence-corrected chi connectivity index (χ1v) is 8.64. The highest BCUT2D eigenvalue weighted by atomic mass is 19.4. The molecule has 3 aromatic rings. The lowest BCUT2D eigenvalue weighted by Gasteiger charge is -2.12. The summed E-state index contributed by atoms with van der Waals surface area (Å²) in [5, 5.41) is 4.97. The van der Waals surface area contributed by atoms with E-state index in [0.717, 1.165) is 30.5 Å². The lowest BCUT2D eigenvalue weighted by Crippen LogP contribution is -2.16. The van der Waals surface area contributed by atoms with E-state index in [-0.39, 0.29) is 22.5 Å². The summed E-state index contributed by atoms with van der Waals surface area (Å²) in [6.07, 6.45) is -2.31. The van der Waals surface area contributed by atoms with Gasteiger partial charge < -0.3 is 10.6 Å². The van der Waals surface area contributed by atoms with Gasteiger partial charge in [-0.3, -0.25) is 14.6 Å². The van der Waals surface area contributed by atoms with Gasteiger partial charge >= 0.3 is 6.18 Å². The maximum Gasteiger partial charge on any atom is 0.416 e. The van der Waals surface area contributed by atoms with E-state index in [9.17, 15) is 27.2 Å². The molecule has 2 aromatic carbocycles. The Bertz CT molecular complexity index is 1110. The molecule has 2 amide bonds. The highest BCUT2D eigenvalue weighted by molar-refractivity contribution is 6.08. The van der Waals surface area contributed by atoms with Gasteiger partial charge in [0.15, 0.2) is 0 Å². The van der Waals surface area contributed by atoms with Crippen molar-refractivity contribution in [3.63, 3.8) is 0 Å². The number of aryl methyl sites for hydroxylation is 1. The summed E-state index contributed by atoms with van der Waals surface area (Å²) in [7, 11) is 0. The van der Waals surface area contributed by atoms with Crippen LogP contribution >= 0.6 is 0 Å². The van der Waals surface area contributed by atoms with Crippen molar-refractivity contribution in [2.75, 3.05) is 10.6 Å². The molecular formula is C21H15F4N3O2. The Hall–Kier alpha value is -3.75. The fraction of sp³-hybridized carbons (Fsp3) is 0.0952. The first kappa shape index (κ1) is 21.0. The number of amides is 2. The number of aromatic nitrogens is 1. The fourth-order valence-electron chi connectivity index (χ4n) is 2.66. The summed E-state index contributed by atoms with van der Waals surface area (Å²) >= 11 is 0. The number of anilines is 2. The van der Waals surface area contributed by atoms with Crippen LogP contribution in [0.4, 0.5) is 28.9 Å². The second-order valence-electron chi connectivity index (χ2n) is 6.41. The second kappa shape index (κ2) is 8.32. The maximum atomic E-state index is 13.2. The largest absolute Gasteiger partial charge is 0.416 e. The predicted octanol–water partition coefficient (Wildman–Crippen LogP) is 5.05. The quantitative estimate of drug-likeness (QED) is 0.584. The molecule has 0 aliphatic carbocycles. The first-order chi connectivity index (χ1) is 14.1. The van der Waals surface area contributed by atoms with Crippen molar-refractivity contribution in [3.8, 4) is 0 Å². The van der Waals surface area contributed by atoms with Crippen molar-refractivity contribution in [2.24, 2.45) is 0 Å². The van der Waals surface area contributed by atoms with Crippen LogP contribution in [0.1, 0.15) is 31.8 Å². The summed E-state index contributed by atoms with van der Waals surface area (Å²) in [5.74, 6) is -1.94. The molecule has 1 aromatic heterocycles. The lowest BCUT2D eigenvalue weighted by molar-refractivity contribution is -0.137. The number of hydrogen-bond donors (Lipinski definition) is 2. The minimum absolute atomic E-state index is 0.151. The van der Waals surface area contributed by atoms with E-state index >= 15 is 0 Å². The van der Waals surface area contributed by atoms with Gasteiger partial charge in [0, 0.05) is 22.9 Å². The summed E-state index contributed by atoms with van der Waals surface area (Å²) in [6, 6.07) is 9.56. The molecule has 2 N–H and O–H groups in total. The van der Waals surface area contributed by atoms with Gasteiger partial charge in [-0.25, -0.2) is 4.39 Å². The average molecular weight is 417 g/mol. The summed E-state index contributed by atoms with van der Waals surface area (Å²) in [4.78, 5) is 28.5. The molecule has 9 heteroatoms. The molecule has 0 unspecified atom stereocenters. The van der Waals surface area contributed by atoms with Gasteiger partial charge in [0.1, 0.15) is 5.82 Å². The van der Waals surface area contributed by atoms with Gasteiger partial charge in [0.05, 0.1) is 23.6 Å². The maximum absolute atomic E-state index is 13.2. The molecule has 3 rings (SSSR count). The van der Waals surface area contributed by atoms with Gasteiger partial charge in [-0.05, 0) is 42.8 Å². The topological polar surface area (TPSA) is 71.1 Å². The zero-order valence-corrected chi connectivity index (χ0v) is 15.5. The summed E-state index contributed by atoms with van der Waals surface area (Å²) in [6.45, 7) is 1.66. The number of hydrogen-bond acceptors (Lipinski definition) is 3. The fourth-order valence-corrected chi connectivity index (χ4v) is 2.66. The molecule has 0 saturated carbocycles. The van der Waals surface area contributed by atoms with E-state index in [0.29, 0.717) is 5.56 Å². The third-order valence-corrected chi connectivity index (χ3v) is 4.15. The van der Waals surface area contributed by atoms with Crippen molar-refractivity contribution in [2.45, 2.75) is 13.1 Å². The Labute approximate surface area is 168 Å².